The number of hydrogen-bond acceptors (Lipinski definition) is 7. The highest BCUT2D eigenvalue weighted by Gasteiger charge is 2.32. The van der Waals surface area contributed by atoms with Crippen molar-refractivity contribution in [2.75, 3.05) is 23.3 Å². The molecule has 10 heteroatoms. The predicted molar refractivity (Wildman–Crippen MR) is 138 cm³/mol. The SMILES string of the molecule is N#Cc1ccc(N2CCCC(NC3CCCCC3Nc3ncc(-c4ccc(OC(F)(F)F)cc4)o3)C2)cc1. The number of halogens is 3. The fourth-order valence-corrected chi connectivity index (χ4v) is 5.35. The second-order valence-corrected chi connectivity index (χ2v) is 9.85. The van der Waals surface area contributed by atoms with E-state index in [1.807, 2.05) is 24.3 Å². The third-order valence-corrected chi connectivity index (χ3v) is 7.19. The highest BCUT2D eigenvalue weighted by molar-refractivity contribution is 5.58. The largest absolute Gasteiger partial charge is 0.573 e. The Balaban J connectivity index is 1.19. The zero-order chi connectivity index (χ0) is 26.5. The van der Waals surface area contributed by atoms with E-state index in [-0.39, 0.29) is 17.8 Å². The maximum atomic E-state index is 12.4. The highest BCUT2D eigenvalue weighted by Crippen LogP contribution is 2.30. The van der Waals surface area contributed by atoms with Crippen LogP contribution in [0.1, 0.15) is 44.1 Å². The minimum atomic E-state index is -4.73. The molecule has 38 heavy (non-hydrogen) atoms. The molecule has 2 aromatic carbocycles. The zero-order valence-corrected chi connectivity index (χ0v) is 20.9. The summed E-state index contributed by atoms with van der Waals surface area (Å²) in [4.78, 5) is 6.74. The van der Waals surface area contributed by atoms with Gasteiger partial charge in [0, 0.05) is 42.5 Å². The second kappa shape index (κ2) is 11.4. The first-order valence-electron chi connectivity index (χ1n) is 13.0. The third-order valence-electron chi connectivity index (χ3n) is 7.19. The van der Waals surface area contributed by atoms with Gasteiger partial charge in [0.25, 0.3) is 6.01 Å². The summed E-state index contributed by atoms with van der Waals surface area (Å²) in [5.74, 6) is 0.187. The molecule has 1 saturated heterocycles. The van der Waals surface area contributed by atoms with Gasteiger partial charge in [0.1, 0.15) is 5.75 Å². The van der Waals surface area contributed by atoms with E-state index in [1.165, 1.54) is 24.3 Å². The third kappa shape index (κ3) is 6.58. The van der Waals surface area contributed by atoms with Crippen molar-refractivity contribution in [2.24, 2.45) is 0 Å². The summed E-state index contributed by atoms with van der Waals surface area (Å²) < 4.78 is 47.1. The average molecular weight is 526 g/mol. The number of nitrogens with one attached hydrogen (secondary N) is 2. The number of rotatable bonds is 7. The number of alkyl halides is 3. The molecular formula is C28H30F3N5O2. The molecule has 2 N–H and O–H groups in total. The number of hydrogen-bond donors (Lipinski definition) is 2. The van der Waals surface area contributed by atoms with Crippen molar-refractivity contribution in [3.8, 4) is 23.1 Å². The van der Waals surface area contributed by atoms with E-state index in [0.29, 0.717) is 28.9 Å². The molecule has 0 spiro atoms. The van der Waals surface area contributed by atoms with Crippen LogP contribution >= 0.6 is 0 Å². The van der Waals surface area contributed by atoms with Gasteiger partial charge in [0.15, 0.2) is 5.76 Å². The number of oxazole rings is 1. The molecule has 1 saturated carbocycles. The van der Waals surface area contributed by atoms with Crippen LogP contribution in [0.5, 0.6) is 5.75 Å². The number of aromatic nitrogens is 1. The van der Waals surface area contributed by atoms with E-state index in [9.17, 15) is 13.2 Å². The highest BCUT2D eigenvalue weighted by atomic mass is 19.4. The quantitative estimate of drug-likeness (QED) is 0.386. The van der Waals surface area contributed by atoms with Crippen molar-refractivity contribution < 1.29 is 22.3 Å². The summed E-state index contributed by atoms with van der Waals surface area (Å²) in [5, 5.41) is 16.4. The van der Waals surface area contributed by atoms with Crippen LogP contribution < -0.4 is 20.3 Å². The fraction of sp³-hybridized carbons (Fsp3) is 0.429. The molecule has 1 aliphatic carbocycles. The molecule has 2 fully saturated rings. The Kier molecular flexibility index (Phi) is 7.74. The first-order chi connectivity index (χ1) is 18.4. The summed E-state index contributed by atoms with van der Waals surface area (Å²) in [6.45, 7) is 1.91. The standard InChI is InChI=1S/C28H30F3N5O2/c29-28(30,31)38-23-13-9-20(10-14-23)26-17-33-27(37-26)35-25-6-2-1-5-24(25)34-21-4-3-15-36(18-21)22-11-7-19(16-32)8-12-22/h7-14,17,21,24-25,34H,1-6,15,18H2,(H,33,35). The van der Waals surface area contributed by atoms with Gasteiger partial charge in [-0.15, -0.1) is 13.2 Å². The van der Waals surface area contributed by atoms with Crippen molar-refractivity contribution in [1.29, 1.82) is 5.26 Å². The van der Waals surface area contributed by atoms with Crippen molar-refractivity contribution in [3.63, 3.8) is 0 Å². The number of nitrogens with zero attached hydrogens (tertiary/aromatic N) is 3. The topological polar surface area (TPSA) is 86.4 Å². The van der Waals surface area contributed by atoms with E-state index >= 15 is 0 Å². The van der Waals surface area contributed by atoms with Crippen molar-refractivity contribution >= 4 is 11.7 Å². The van der Waals surface area contributed by atoms with Crippen molar-refractivity contribution in [3.05, 3.63) is 60.3 Å². The lowest BCUT2D eigenvalue weighted by Crippen LogP contribution is -2.54. The lowest BCUT2D eigenvalue weighted by Gasteiger charge is -2.40. The van der Waals surface area contributed by atoms with Gasteiger partial charge in [-0.25, -0.2) is 4.98 Å². The Morgan fingerprint density at radius 1 is 0.974 bits per heavy atom. The van der Waals surface area contributed by atoms with Gasteiger partial charge < -0.3 is 24.7 Å². The van der Waals surface area contributed by atoms with Crippen LogP contribution in [0.2, 0.25) is 0 Å². The predicted octanol–water partition coefficient (Wildman–Crippen LogP) is 6.09. The molecule has 0 radical (unpaired) electrons. The van der Waals surface area contributed by atoms with E-state index in [4.69, 9.17) is 9.68 Å². The van der Waals surface area contributed by atoms with Crippen LogP contribution in [0.3, 0.4) is 0 Å². The number of ether oxygens (including phenoxy) is 1. The van der Waals surface area contributed by atoms with Gasteiger partial charge in [-0.3, -0.25) is 0 Å². The van der Waals surface area contributed by atoms with E-state index in [2.05, 4.69) is 31.3 Å². The number of nitriles is 1. The van der Waals surface area contributed by atoms with Gasteiger partial charge in [-0.2, -0.15) is 5.26 Å². The Morgan fingerprint density at radius 2 is 1.71 bits per heavy atom. The minimum Gasteiger partial charge on any atom is -0.424 e. The van der Waals surface area contributed by atoms with Crippen LogP contribution in [0.25, 0.3) is 11.3 Å². The summed E-state index contributed by atoms with van der Waals surface area (Å²) in [5.41, 5.74) is 2.42. The number of benzene rings is 2. The first kappa shape index (κ1) is 25.9. The molecule has 3 unspecified atom stereocenters. The van der Waals surface area contributed by atoms with Crippen LogP contribution in [0.4, 0.5) is 24.9 Å². The number of anilines is 2. The fourth-order valence-electron chi connectivity index (χ4n) is 5.35. The molecule has 3 aromatic rings. The summed E-state index contributed by atoms with van der Waals surface area (Å²) >= 11 is 0. The Morgan fingerprint density at radius 3 is 2.42 bits per heavy atom. The van der Waals surface area contributed by atoms with Gasteiger partial charge in [0.05, 0.1) is 17.8 Å². The van der Waals surface area contributed by atoms with E-state index < -0.39 is 6.36 Å². The van der Waals surface area contributed by atoms with Gasteiger partial charge in [-0.1, -0.05) is 12.8 Å². The van der Waals surface area contributed by atoms with Crippen molar-refractivity contribution in [1.82, 2.24) is 10.3 Å². The molecule has 0 bridgehead atoms. The smallest absolute Gasteiger partial charge is 0.424 e. The summed E-state index contributed by atoms with van der Waals surface area (Å²) in [7, 11) is 0. The average Bonchev–Trinajstić information content (AvgIpc) is 3.38. The minimum absolute atomic E-state index is 0.156. The van der Waals surface area contributed by atoms with Crippen LogP contribution in [-0.2, 0) is 0 Å². The second-order valence-electron chi connectivity index (χ2n) is 9.85. The normalized spacial score (nSPS) is 22.1. The molecule has 5 rings (SSSR count). The zero-order valence-electron chi connectivity index (χ0n) is 20.9. The first-order valence-corrected chi connectivity index (χ1v) is 13.0. The molecule has 1 aliphatic heterocycles. The Hall–Kier alpha value is -3.71. The Labute approximate surface area is 219 Å². The Bertz CT molecular complexity index is 1240. The van der Waals surface area contributed by atoms with Crippen molar-refractivity contribution in [2.45, 2.75) is 63.0 Å². The lowest BCUT2D eigenvalue weighted by molar-refractivity contribution is -0.274. The number of piperidine rings is 1. The molecule has 2 aliphatic rings. The maximum Gasteiger partial charge on any atom is 0.573 e. The van der Waals surface area contributed by atoms with E-state index in [0.717, 1.165) is 57.3 Å². The van der Waals surface area contributed by atoms with Crippen LogP contribution in [0, 0.1) is 11.3 Å². The molecule has 7 nitrogen and oxygen atoms in total. The molecule has 0 amide bonds. The summed E-state index contributed by atoms with van der Waals surface area (Å²) in [6, 6.07) is 16.6. The molecule has 200 valence electrons. The van der Waals surface area contributed by atoms with Crippen LogP contribution in [-0.4, -0.2) is 42.6 Å². The van der Waals surface area contributed by atoms with Gasteiger partial charge >= 0.3 is 6.36 Å². The maximum absolute atomic E-state index is 12.4. The summed E-state index contributed by atoms with van der Waals surface area (Å²) in [6.07, 6.45) is 3.37. The molecular weight excluding hydrogens is 495 g/mol. The molecule has 2 heterocycles. The lowest BCUT2D eigenvalue weighted by atomic mass is 9.89. The van der Waals surface area contributed by atoms with Gasteiger partial charge in [0.2, 0.25) is 0 Å². The molecule has 1 aromatic heterocycles. The van der Waals surface area contributed by atoms with Gasteiger partial charge in [-0.05, 0) is 74.2 Å². The van der Waals surface area contributed by atoms with E-state index in [1.54, 1.807) is 6.20 Å². The monoisotopic (exact) mass is 525 g/mol. The van der Waals surface area contributed by atoms with Crippen LogP contribution in [0.15, 0.2) is 59.1 Å². The molecule has 3 atom stereocenters.